The van der Waals surface area contributed by atoms with Gasteiger partial charge in [0.15, 0.2) is 0 Å². The highest BCUT2D eigenvalue weighted by atomic mass is 35.5. The molecule has 2 heteroatoms. The molecule has 0 N–H and O–H groups in total. The highest BCUT2D eigenvalue weighted by Gasteiger charge is 2.00. The van der Waals surface area contributed by atoms with Crippen LogP contribution in [0.25, 0.3) is 0 Å². The van der Waals surface area contributed by atoms with Crippen molar-refractivity contribution in [2.75, 3.05) is 0 Å². The highest BCUT2D eigenvalue weighted by molar-refractivity contribution is 6.31. The lowest BCUT2D eigenvalue weighted by atomic mass is 10.1. The molecule has 0 aromatic carbocycles. The second kappa shape index (κ2) is 10.4. The standard InChI is InChI=1S/C16H26ClN/c1-2-3-4-5-6-7-8-9-10-13-16-15(17)12-11-14-18-16/h11-12,14H,2-10,13H2,1H3. The van der Waals surface area contributed by atoms with Gasteiger partial charge in [-0.1, -0.05) is 69.9 Å². The van der Waals surface area contributed by atoms with E-state index in [2.05, 4.69) is 11.9 Å². The average Bonchev–Trinajstić information content (AvgIpc) is 2.39. The van der Waals surface area contributed by atoms with E-state index in [1.54, 1.807) is 0 Å². The topological polar surface area (TPSA) is 12.9 Å². The van der Waals surface area contributed by atoms with E-state index in [-0.39, 0.29) is 0 Å². The van der Waals surface area contributed by atoms with Gasteiger partial charge in [-0.3, -0.25) is 4.98 Å². The molecule has 0 unspecified atom stereocenters. The van der Waals surface area contributed by atoms with Crippen molar-refractivity contribution in [2.24, 2.45) is 0 Å². The number of rotatable bonds is 10. The zero-order valence-corrected chi connectivity index (χ0v) is 12.4. The van der Waals surface area contributed by atoms with E-state index in [1.807, 2.05) is 18.3 Å². The first kappa shape index (κ1) is 15.5. The van der Waals surface area contributed by atoms with Crippen molar-refractivity contribution in [3.63, 3.8) is 0 Å². The number of halogens is 1. The van der Waals surface area contributed by atoms with Crippen LogP contribution in [0, 0.1) is 0 Å². The van der Waals surface area contributed by atoms with Crippen molar-refractivity contribution in [3.05, 3.63) is 29.0 Å². The lowest BCUT2D eigenvalue weighted by Crippen LogP contribution is -1.91. The Bertz CT molecular complexity index is 312. The quantitative estimate of drug-likeness (QED) is 0.488. The molecule has 1 heterocycles. The van der Waals surface area contributed by atoms with Crippen LogP contribution in [-0.2, 0) is 6.42 Å². The van der Waals surface area contributed by atoms with Crippen molar-refractivity contribution < 1.29 is 0 Å². The minimum absolute atomic E-state index is 0.817. The first-order valence-electron chi connectivity index (χ1n) is 7.44. The van der Waals surface area contributed by atoms with Gasteiger partial charge in [0.25, 0.3) is 0 Å². The molecule has 1 aromatic rings. The molecule has 102 valence electrons. The molecule has 0 spiro atoms. The maximum Gasteiger partial charge on any atom is 0.0621 e. The molecule has 0 amide bonds. The predicted molar refractivity (Wildman–Crippen MR) is 80.2 cm³/mol. The van der Waals surface area contributed by atoms with Gasteiger partial charge in [0.1, 0.15) is 0 Å². The Kier molecular flexibility index (Phi) is 8.93. The van der Waals surface area contributed by atoms with Gasteiger partial charge in [-0.25, -0.2) is 0 Å². The van der Waals surface area contributed by atoms with Gasteiger partial charge >= 0.3 is 0 Å². The molecule has 0 fully saturated rings. The Morgan fingerprint density at radius 3 is 2.17 bits per heavy atom. The molecule has 0 atom stereocenters. The van der Waals surface area contributed by atoms with E-state index in [4.69, 9.17) is 11.6 Å². The van der Waals surface area contributed by atoms with Gasteiger partial charge in [0.2, 0.25) is 0 Å². The zero-order chi connectivity index (χ0) is 13.1. The van der Waals surface area contributed by atoms with Crippen LogP contribution < -0.4 is 0 Å². The van der Waals surface area contributed by atoms with Gasteiger partial charge in [-0.15, -0.1) is 0 Å². The zero-order valence-electron chi connectivity index (χ0n) is 11.6. The predicted octanol–water partition coefficient (Wildman–Crippen LogP) is 5.81. The summed E-state index contributed by atoms with van der Waals surface area (Å²) in [6, 6.07) is 3.82. The molecule has 0 saturated heterocycles. The first-order chi connectivity index (χ1) is 8.84. The maximum atomic E-state index is 6.07. The lowest BCUT2D eigenvalue weighted by molar-refractivity contribution is 0.563. The molecule has 0 aliphatic rings. The van der Waals surface area contributed by atoms with E-state index in [9.17, 15) is 0 Å². The number of aryl methyl sites for hydroxylation is 1. The number of hydrogen-bond donors (Lipinski definition) is 0. The summed E-state index contributed by atoms with van der Waals surface area (Å²) in [5.74, 6) is 0. The molecule has 1 aromatic heterocycles. The Morgan fingerprint density at radius 1 is 0.944 bits per heavy atom. The Balaban J connectivity index is 1.94. The number of unbranched alkanes of at least 4 members (excludes halogenated alkanes) is 8. The molecule has 1 nitrogen and oxygen atoms in total. The molecule has 0 aliphatic carbocycles. The minimum Gasteiger partial charge on any atom is -0.260 e. The van der Waals surface area contributed by atoms with Crippen molar-refractivity contribution >= 4 is 11.6 Å². The summed E-state index contributed by atoms with van der Waals surface area (Å²) >= 11 is 6.07. The summed E-state index contributed by atoms with van der Waals surface area (Å²) in [5.41, 5.74) is 1.06. The fourth-order valence-corrected chi connectivity index (χ4v) is 2.42. The normalized spacial score (nSPS) is 10.8. The number of hydrogen-bond acceptors (Lipinski definition) is 1. The SMILES string of the molecule is CCCCCCCCCCCc1ncccc1Cl. The average molecular weight is 268 g/mol. The van der Waals surface area contributed by atoms with Gasteiger partial charge in [-0.05, 0) is 25.0 Å². The molecule has 1 rings (SSSR count). The summed E-state index contributed by atoms with van der Waals surface area (Å²) in [4.78, 5) is 4.31. The van der Waals surface area contributed by atoms with Crippen LogP contribution in [0.5, 0.6) is 0 Å². The third kappa shape index (κ3) is 7.00. The summed E-state index contributed by atoms with van der Waals surface area (Å²) in [5, 5.41) is 0.817. The minimum atomic E-state index is 0.817. The Labute approximate surface area is 117 Å². The van der Waals surface area contributed by atoms with E-state index >= 15 is 0 Å². The van der Waals surface area contributed by atoms with E-state index in [0.29, 0.717) is 0 Å². The van der Waals surface area contributed by atoms with Crippen LogP contribution in [0.15, 0.2) is 18.3 Å². The molecule has 0 aliphatic heterocycles. The summed E-state index contributed by atoms with van der Waals surface area (Å²) < 4.78 is 0. The summed E-state index contributed by atoms with van der Waals surface area (Å²) in [7, 11) is 0. The van der Waals surface area contributed by atoms with Crippen LogP contribution in [0.3, 0.4) is 0 Å². The molecular weight excluding hydrogens is 242 g/mol. The van der Waals surface area contributed by atoms with E-state index < -0.39 is 0 Å². The number of pyridine rings is 1. The van der Waals surface area contributed by atoms with E-state index in [0.717, 1.165) is 17.1 Å². The molecule has 0 bridgehead atoms. The van der Waals surface area contributed by atoms with Crippen molar-refractivity contribution in [1.29, 1.82) is 0 Å². The van der Waals surface area contributed by atoms with Crippen LogP contribution in [0.2, 0.25) is 5.02 Å². The van der Waals surface area contributed by atoms with Crippen molar-refractivity contribution in [2.45, 2.75) is 71.1 Å². The molecule has 18 heavy (non-hydrogen) atoms. The number of aromatic nitrogens is 1. The molecule has 0 saturated carbocycles. The Morgan fingerprint density at radius 2 is 1.56 bits per heavy atom. The van der Waals surface area contributed by atoms with Gasteiger partial charge in [0, 0.05) is 6.20 Å². The van der Waals surface area contributed by atoms with Crippen molar-refractivity contribution in [3.8, 4) is 0 Å². The van der Waals surface area contributed by atoms with Crippen LogP contribution in [0.1, 0.15) is 70.4 Å². The fourth-order valence-electron chi connectivity index (χ4n) is 2.21. The first-order valence-corrected chi connectivity index (χ1v) is 7.81. The second-order valence-electron chi connectivity index (χ2n) is 5.01. The smallest absolute Gasteiger partial charge is 0.0621 e. The number of nitrogens with zero attached hydrogens (tertiary/aromatic N) is 1. The molecule has 0 radical (unpaired) electrons. The van der Waals surface area contributed by atoms with Crippen molar-refractivity contribution in [1.82, 2.24) is 4.98 Å². The highest BCUT2D eigenvalue weighted by Crippen LogP contribution is 2.16. The van der Waals surface area contributed by atoms with Gasteiger partial charge in [0.05, 0.1) is 10.7 Å². The monoisotopic (exact) mass is 267 g/mol. The third-order valence-electron chi connectivity index (χ3n) is 3.35. The molecular formula is C16H26ClN. The fraction of sp³-hybridized carbons (Fsp3) is 0.688. The third-order valence-corrected chi connectivity index (χ3v) is 3.70. The Hall–Kier alpha value is -0.560. The van der Waals surface area contributed by atoms with Gasteiger partial charge in [-0.2, -0.15) is 0 Å². The summed E-state index contributed by atoms with van der Waals surface area (Å²) in [6.45, 7) is 2.27. The summed E-state index contributed by atoms with van der Waals surface area (Å²) in [6.07, 6.45) is 15.1. The van der Waals surface area contributed by atoms with Crippen LogP contribution in [0.4, 0.5) is 0 Å². The van der Waals surface area contributed by atoms with Gasteiger partial charge < -0.3 is 0 Å². The lowest BCUT2D eigenvalue weighted by Gasteiger charge is -2.03. The van der Waals surface area contributed by atoms with E-state index in [1.165, 1.54) is 57.8 Å². The second-order valence-corrected chi connectivity index (χ2v) is 5.42. The van der Waals surface area contributed by atoms with Crippen LogP contribution >= 0.6 is 11.6 Å². The maximum absolute atomic E-state index is 6.07. The largest absolute Gasteiger partial charge is 0.260 e. The van der Waals surface area contributed by atoms with Crippen LogP contribution in [-0.4, -0.2) is 4.98 Å².